The number of carbonyl (C=O) groups is 1. The van der Waals surface area contributed by atoms with E-state index >= 15 is 0 Å². The second-order valence-electron chi connectivity index (χ2n) is 5.75. The van der Waals surface area contributed by atoms with Crippen molar-refractivity contribution in [3.63, 3.8) is 0 Å². The lowest BCUT2D eigenvalue weighted by Gasteiger charge is -2.33. The fraction of sp³-hybridized carbons (Fsp3) is 0.533. The van der Waals surface area contributed by atoms with Gasteiger partial charge in [-0.15, -0.1) is 0 Å². The molecule has 0 saturated heterocycles. The van der Waals surface area contributed by atoms with Crippen LogP contribution in [-0.4, -0.2) is 28.8 Å². The normalized spacial score (nSPS) is 21.9. The lowest BCUT2D eigenvalue weighted by molar-refractivity contribution is -0.385. The van der Waals surface area contributed by atoms with E-state index in [0.717, 1.165) is 25.7 Å². The zero-order valence-electron chi connectivity index (χ0n) is 12.2. The van der Waals surface area contributed by atoms with E-state index in [-0.39, 0.29) is 28.2 Å². The minimum absolute atomic E-state index is 0.102. The van der Waals surface area contributed by atoms with Crippen LogP contribution in [0.5, 0.6) is 0 Å². The Bertz CT molecular complexity index is 554. The minimum atomic E-state index is -0.560. The van der Waals surface area contributed by atoms with Gasteiger partial charge < -0.3 is 4.90 Å². The molecule has 1 amide bonds. The third-order valence-corrected chi connectivity index (χ3v) is 4.48. The SMILES string of the molecule is CC1CCC(N(C)C(=O)c2ccc(Cl)cc2[N+](=O)[O-])CC1. The van der Waals surface area contributed by atoms with Gasteiger partial charge in [-0.05, 0) is 43.7 Å². The molecule has 0 atom stereocenters. The summed E-state index contributed by atoms with van der Waals surface area (Å²) in [5.41, 5.74) is -0.131. The van der Waals surface area contributed by atoms with Gasteiger partial charge in [0.15, 0.2) is 0 Å². The number of hydrogen-bond donors (Lipinski definition) is 0. The van der Waals surface area contributed by atoms with Crippen LogP contribution >= 0.6 is 11.6 Å². The highest BCUT2D eigenvalue weighted by Crippen LogP contribution is 2.29. The summed E-state index contributed by atoms with van der Waals surface area (Å²) in [5, 5.41) is 11.4. The van der Waals surface area contributed by atoms with Gasteiger partial charge in [-0.1, -0.05) is 18.5 Å². The zero-order valence-corrected chi connectivity index (χ0v) is 13.0. The number of nitrogens with zero attached hydrogens (tertiary/aromatic N) is 2. The Hall–Kier alpha value is -1.62. The molecule has 1 saturated carbocycles. The van der Waals surface area contributed by atoms with Gasteiger partial charge in [0.05, 0.1) is 4.92 Å². The molecule has 6 heteroatoms. The minimum Gasteiger partial charge on any atom is -0.339 e. The highest BCUT2D eigenvalue weighted by Gasteiger charge is 2.29. The summed E-state index contributed by atoms with van der Waals surface area (Å²) in [6.07, 6.45) is 4.07. The maximum Gasteiger partial charge on any atom is 0.283 e. The molecule has 2 rings (SSSR count). The Balaban J connectivity index is 2.21. The number of rotatable bonds is 3. The average Bonchev–Trinajstić information content (AvgIpc) is 2.46. The van der Waals surface area contributed by atoms with Crippen LogP contribution in [-0.2, 0) is 0 Å². The van der Waals surface area contributed by atoms with Crippen molar-refractivity contribution >= 4 is 23.2 Å². The first-order chi connectivity index (χ1) is 9.90. The van der Waals surface area contributed by atoms with Crippen LogP contribution in [0.1, 0.15) is 43.0 Å². The first-order valence-corrected chi connectivity index (χ1v) is 7.49. The van der Waals surface area contributed by atoms with Crippen molar-refractivity contribution in [2.75, 3.05) is 7.05 Å². The Morgan fingerprint density at radius 2 is 1.95 bits per heavy atom. The van der Waals surface area contributed by atoms with Gasteiger partial charge in [-0.3, -0.25) is 14.9 Å². The van der Waals surface area contributed by atoms with E-state index in [2.05, 4.69) is 6.92 Å². The molecule has 0 aromatic heterocycles. The number of amides is 1. The largest absolute Gasteiger partial charge is 0.339 e. The van der Waals surface area contributed by atoms with E-state index in [4.69, 9.17) is 11.6 Å². The molecular formula is C15H19ClN2O3. The van der Waals surface area contributed by atoms with E-state index in [1.807, 2.05) is 0 Å². The van der Waals surface area contributed by atoms with Gasteiger partial charge in [0.25, 0.3) is 11.6 Å². The smallest absolute Gasteiger partial charge is 0.283 e. The van der Waals surface area contributed by atoms with Crippen molar-refractivity contribution in [3.05, 3.63) is 38.9 Å². The second-order valence-corrected chi connectivity index (χ2v) is 6.18. The summed E-state index contributed by atoms with van der Waals surface area (Å²) in [4.78, 5) is 24.7. The average molecular weight is 311 g/mol. The van der Waals surface area contributed by atoms with Crippen molar-refractivity contribution in [1.29, 1.82) is 0 Å². The number of carbonyl (C=O) groups excluding carboxylic acids is 1. The highest BCUT2D eigenvalue weighted by molar-refractivity contribution is 6.31. The van der Waals surface area contributed by atoms with Crippen LogP contribution in [0.15, 0.2) is 18.2 Å². The fourth-order valence-electron chi connectivity index (χ4n) is 2.82. The molecule has 21 heavy (non-hydrogen) atoms. The Morgan fingerprint density at radius 3 is 2.52 bits per heavy atom. The number of hydrogen-bond acceptors (Lipinski definition) is 3. The van der Waals surface area contributed by atoms with Crippen LogP contribution in [0.4, 0.5) is 5.69 Å². The number of nitro benzene ring substituents is 1. The van der Waals surface area contributed by atoms with Crippen LogP contribution in [0.2, 0.25) is 5.02 Å². The van der Waals surface area contributed by atoms with Gasteiger partial charge >= 0.3 is 0 Å². The first-order valence-electron chi connectivity index (χ1n) is 7.11. The van der Waals surface area contributed by atoms with Crippen molar-refractivity contribution in [1.82, 2.24) is 4.90 Å². The predicted octanol–water partition coefficient (Wildman–Crippen LogP) is 3.90. The molecule has 5 nitrogen and oxygen atoms in total. The Morgan fingerprint density at radius 1 is 1.33 bits per heavy atom. The first kappa shape index (κ1) is 15.8. The molecule has 1 aliphatic rings. The fourth-order valence-corrected chi connectivity index (χ4v) is 2.99. The van der Waals surface area contributed by atoms with Gasteiger partial charge in [0.2, 0.25) is 0 Å². The standard InChI is InChI=1S/C15H19ClN2O3/c1-10-3-6-12(7-4-10)17(2)15(19)13-8-5-11(16)9-14(13)18(20)21/h5,8-10,12H,3-4,6-7H2,1-2H3. The van der Waals surface area contributed by atoms with Gasteiger partial charge in [-0.2, -0.15) is 0 Å². The Kier molecular flexibility index (Phi) is 4.83. The summed E-state index contributed by atoms with van der Waals surface area (Å²) in [6, 6.07) is 4.33. The van der Waals surface area contributed by atoms with E-state index in [1.165, 1.54) is 18.2 Å². The summed E-state index contributed by atoms with van der Waals surface area (Å²) in [7, 11) is 1.72. The lowest BCUT2D eigenvalue weighted by atomic mass is 9.86. The molecule has 0 heterocycles. The Labute approximate surface area is 129 Å². The molecule has 0 radical (unpaired) electrons. The predicted molar refractivity (Wildman–Crippen MR) is 81.6 cm³/mol. The molecule has 1 aromatic carbocycles. The molecule has 1 aliphatic carbocycles. The topological polar surface area (TPSA) is 63.5 Å². The quantitative estimate of drug-likeness (QED) is 0.628. The number of halogens is 1. The number of nitro groups is 1. The molecule has 0 bridgehead atoms. The molecule has 0 N–H and O–H groups in total. The molecule has 1 aromatic rings. The van der Waals surface area contributed by atoms with E-state index in [9.17, 15) is 14.9 Å². The zero-order chi connectivity index (χ0) is 15.6. The summed E-state index contributed by atoms with van der Waals surface area (Å²) < 4.78 is 0. The van der Waals surface area contributed by atoms with Gasteiger partial charge in [-0.25, -0.2) is 0 Å². The van der Waals surface area contributed by atoms with E-state index < -0.39 is 4.92 Å². The van der Waals surface area contributed by atoms with E-state index in [0.29, 0.717) is 5.92 Å². The molecular weight excluding hydrogens is 292 g/mol. The molecule has 1 fully saturated rings. The third kappa shape index (κ3) is 3.53. The van der Waals surface area contributed by atoms with Gasteiger partial charge in [0, 0.05) is 24.2 Å². The van der Waals surface area contributed by atoms with Crippen molar-refractivity contribution in [2.24, 2.45) is 5.92 Å². The van der Waals surface area contributed by atoms with Crippen molar-refractivity contribution in [2.45, 2.75) is 38.6 Å². The number of benzene rings is 1. The molecule has 114 valence electrons. The molecule has 0 spiro atoms. The van der Waals surface area contributed by atoms with Crippen LogP contribution in [0.25, 0.3) is 0 Å². The third-order valence-electron chi connectivity index (χ3n) is 4.24. The van der Waals surface area contributed by atoms with Crippen LogP contribution in [0.3, 0.4) is 0 Å². The summed E-state index contributed by atoms with van der Waals surface area (Å²) in [5.74, 6) is 0.382. The summed E-state index contributed by atoms with van der Waals surface area (Å²) in [6.45, 7) is 2.21. The van der Waals surface area contributed by atoms with Crippen LogP contribution < -0.4 is 0 Å². The summed E-state index contributed by atoms with van der Waals surface area (Å²) >= 11 is 5.78. The van der Waals surface area contributed by atoms with Crippen molar-refractivity contribution in [3.8, 4) is 0 Å². The van der Waals surface area contributed by atoms with E-state index in [1.54, 1.807) is 11.9 Å². The molecule has 0 unspecified atom stereocenters. The second kappa shape index (κ2) is 6.43. The van der Waals surface area contributed by atoms with Crippen LogP contribution in [0, 0.1) is 16.0 Å². The monoisotopic (exact) mass is 310 g/mol. The highest BCUT2D eigenvalue weighted by atomic mass is 35.5. The maximum atomic E-state index is 12.5. The molecule has 0 aliphatic heterocycles. The van der Waals surface area contributed by atoms with Gasteiger partial charge in [0.1, 0.15) is 5.56 Å². The lowest BCUT2D eigenvalue weighted by Crippen LogP contribution is -2.39. The van der Waals surface area contributed by atoms with Crippen molar-refractivity contribution < 1.29 is 9.72 Å². The maximum absolute atomic E-state index is 12.5.